The summed E-state index contributed by atoms with van der Waals surface area (Å²) in [5, 5.41) is 4.61. The van der Waals surface area contributed by atoms with Crippen molar-refractivity contribution in [1.29, 1.82) is 0 Å². The third-order valence-corrected chi connectivity index (χ3v) is 8.78. The van der Waals surface area contributed by atoms with Gasteiger partial charge in [0.15, 0.2) is 0 Å². The molecule has 2 aliphatic rings. The number of hydrogen-bond acceptors (Lipinski definition) is 4. The number of hydrogen-bond donors (Lipinski definition) is 2. The first-order chi connectivity index (χ1) is 13.2. The zero-order valence-corrected chi connectivity index (χ0v) is 20.1. The smallest absolute Gasteiger partial charge is 0.259 e. The number of halogens is 4. The van der Waals surface area contributed by atoms with Gasteiger partial charge in [-0.25, -0.2) is 0 Å². The zero-order valence-electron chi connectivity index (χ0n) is 13.7. The summed E-state index contributed by atoms with van der Waals surface area (Å²) in [6, 6.07) is 3.20. The highest BCUT2D eigenvalue weighted by atomic mass is 79.9. The fourth-order valence-electron chi connectivity index (χ4n) is 3.42. The van der Waals surface area contributed by atoms with E-state index in [-0.39, 0.29) is 0 Å². The van der Waals surface area contributed by atoms with Crippen LogP contribution in [0.3, 0.4) is 0 Å². The topological polar surface area (TPSA) is 92.3 Å². The molecule has 0 aliphatic carbocycles. The van der Waals surface area contributed by atoms with Crippen LogP contribution in [0.1, 0.15) is 52.6 Å². The van der Waals surface area contributed by atoms with Gasteiger partial charge >= 0.3 is 0 Å². The Bertz CT molecular complexity index is 1050. The average Bonchev–Trinajstić information content (AvgIpc) is 3.06. The van der Waals surface area contributed by atoms with Gasteiger partial charge in [-0.1, -0.05) is 0 Å². The van der Waals surface area contributed by atoms with Crippen molar-refractivity contribution in [2.75, 3.05) is 0 Å². The Labute approximate surface area is 192 Å². The summed E-state index contributed by atoms with van der Waals surface area (Å²) in [7, 11) is 0. The molecule has 2 aromatic carbocycles. The molecule has 2 N–H and O–H groups in total. The Morgan fingerprint density at radius 1 is 0.607 bits per heavy atom. The monoisotopic (exact) mass is 632 g/mol. The molecule has 6 nitrogen and oxygen atoms in total. The van der Waals surface area contributed by atoms with Crippen molar-refractivity contribution in [3.05, 3.63) is 63.4 Å². The number of benzene rings is 2. The van der Waals surface area contributed by atoms with Gasteiger partial charge in [0.05, 0.1) is 22.3 Å². The summed E-state index contributed by atoms with van der Waals surface area (Å²) >= 11 is 13.8. The third kappa shape index (κ3) is 3.01. The van der Waals surface area contributed by atoms with Gasteiger partial charge in [-0.05, 0) is 99.8 Å². The lowest BCUT2D eigenvalue weighted by molar-refractivity contribution is 0.0862. The fourth-order valence-corrected chi connectivity index (χ4v) is 5.38. The summed E-state index contributed by atoms with van der Waals surface area (Å²) < 4.78 is 2.63. The van der Waals surface area contributed by atoms with Gasteiger partial charge in [0.2, 0.25) is 0 Å². The van der Waals surface area contributed by atoms with Crippen molar-refractivity contribution in [3.8, 4) is 0 Å². The van der Waals surface area contributed by atoms with Crippen molar-refractivity contribution in [1.82, 2.24) is 10.6 Å². The quantitative estimate of drug-likeness (QED) is 0.493. The molecule has 0 aromatic heterocycles. The fraction of sp³-hybridized carbons (Fsp3) is 0.111. The lowest BCUT2D eigenvalue weighted by Crippen LogP contribution is -2.20. The maximum atomic E-state index is 12.3. The van der Waals surface area contributed by atoms with Crippen LogP contribution in [0.4, 0.5) is 0 Å². The molecule has 10 heteroatoms. The highest BCUT2D eigenvalue weighted by molar-refractivity contribution is 9.13. The van der Waals surface area contributed by atoms with E-state index in [0.29, 0.717) is 64.1 Å². The maximum Gasteiger partial charge on any atom is 0.259 e. The minimum Gasteiger partial charge on any atom is -0.288 e. The summed E-state index contributed by atoms with van der Waals surface area (Å²) in [5.74, 6) is -1.78. The maximum absolute atomic E-state index is 12.3. The van der Waals surface area contributed by atoms with Crippen molar-refractivity contribution >= 4 is 87.3 Å². The van der Waals surface area contributed by atoms with Gasteiger partial charge in [0, 0.05) is 17.9 Å². The van der Waals surface area contributed by atoms with Crippen LogP contribution in [0.15, 0.2) is 30.0 Å². The SMILES string of the molecule is O=C1NC(=O)c2c1cc(Br)c(Br)c2CCc1c(Br)c(Br)cc2c1C(=O)NC2=O. The standard InChI is InChI=1S/C18H8Br4N2O4/c19-9-3-7-11(17(27)23-15(7)25)5(13(9)21)1-2-6-12-8(4-10(20)14(6)22)16(26)24-18(12)28/h3-4H,1-2H2,(H,23,25,27)(H,24,26,28). The molecule has 0 atom stereocenters. The van der Waals surface area contributed by atoms with Gasteiger partial charge in [-0.2, -0.15) is 0 Å². The van der Waals surface area contributed by atoms with E-state index in [4.69, 9.17) is 0 Å². The molecule has 0 unspecified atom stereocenters. The number of carbonyl (C=O) groups excluding carboxylic acids is 4. The van der Waals surface area contributed by atoms with Crippen molar-refractivity contribution in [3.63, 3.8) is 0 Å². The second kappa shape index (κ2) is 7.16. The van der Waals surface area contributed by atoms with Crippen molar-refractivity contribution in [2.24, 2.45) is 0 Å². The van der Waals surface area contributed by atoms with E-state index in [0.717, 1.165) is 0 Å². The molecule has 28 heavy (non-hydrogen) atoms. The second-order valence-electron chi connectivity index (χ2n) is 6.21. The molecule has 0 radical (unpaired) electrons. The Balaban J connectivity index is 1.81. The van der Waals surface area contributed by atoms with E-state index >= 15 is 0 Å². The Hall–Kier alpha value is -1.36. The number of nitrogens with one attached hydrogen (secondary N) is 2. The molecule has 2 heterocycles. The predicted molar refractivity (Wildman–Crippen MR) is 115 cm³/mol. The van der Waals surface area contributed by atoms with E-state index in [2.05, 4.69) is 74.4 Å². The summed E-state index contributed by atoms with van der Waals surface area (Å²) in [6.07, 6.45) is 0.734. The Kier molecular flexibility index (Phi) is 5.09. The molecule has 142 valence electrons. The van der Waals surface area contributed by atoms with Crippen LogP contribution in [0.2, 0.25) is 0 Å². The molecule has 0 spiro atoms. The number of rotatable bonds is 3. The number of amides is 4. The summed E-state index contributed by atoms with van der Waals surface area (Å²) in [4.78, 5) is 48.6. The van der Waals surface area contributed by atoms with Gasteiger partial charge in [0.1, 0.15) is 0 Å². The van der Waals surface area contributed by atoms with Gasteiger partial charge in [-0.3, -0.25) is 29.8 Å². The first-order valence-corrected chi connectivity index (χ1v) is 11.1. The van der Waals surface area contributed by atoms with E-state index in [1.807, 2.05) is 0 Å². The van der Waals surface area contributed by atoms with Crippen molar-refractivity contribution < 1.29 is 19.2 Å². The molecule has 4 rings (SSSR count). The average molecular weight is 636 g/mol. The van der Waals surface area contributed by atoms with Crippen LogP contribution in [0.5, 0.6) is 0 Å². The molecular weight excluding hydrogens is 628 g/mol. The third-order valence-electron chi connectivity index (χ3n) is 4.66. The first-order valence-electron chi connectivity index (χ1n) is 7.93. The lowest BCUT2D eigenvalue weighted by atomic mass is 9.94. The lowest BCUT2D eigenvalue weighted by Gasteiger charge is -2.14. The molecule has 2 aromatic rings. The van der Waals surface area contributed by atoms with Gasteiger partial charge in [-0.15, -0.1) is 0 Å². The Morgan fingerprint density at radius 3 is 1.32 bits per heavy atom. The van der Waals surface area contributed by atoms with Crippen LogP contribution in [0, 0.1) is 0 Å². The zero-order chi connectivity index (χ0) is 20.3. The van der Waals surface area contributed by atoms with Gasteiger partial charge in [0.25, 0.3) is 23.6 Å². The van der Waals surface area contributed by atoms with Crippen LogP contribution in [-0.2, 0) is 12.8 Å². The normalized spacial score (nSPS) is 14.9. The van der Waals surface area contributed by atoms with E-state index in [9.17, 15) is 19.2 Å². The Morgan fingerprint density at radius 2 is 0.964 bits per heavy atom. The van der Waals surface area contributed by atoms with Crippen LogP contribution >= 0.6 is 63.7 Å². The van der Waals surface area contributed by atoms with Crippen molar-refractivity contribution in [2.45, 2.75) is 12.8 Å². The number of fused-ring (bicyclic) bond motifs is 2. The molecule has 0 saturated carbocycles. The summed E-state index contributed by atoms with van der Waals surface area (Å²) in [5.41, 5.74) is 2.56. The summed E-state index contributed by atoms with van der Waals surface area (Å²) in [6.45, 7) is 0. The van der Waals surface area contributed by atoms with Crippen LogP contribution in [0.25, 0.3) is 0 Å². The largest absolute Gasteiger partial charge is 0.288 e. The van der Waals surface area contributed by atoms with E-state index < -0.39 is 23.6 Å². The second-order valence-corrected chi connectivity index (χ2v) is 9.51. The van der Waals surface area contributed by atoms with E-state index in [1.54, 1.807) is 12.1 Å². The first kappa shape index (κ1) is 19.9. The molecule has 4 amide bonds. The molecular formula is C18H8Br4N2O4. The molecule has 0 bridgehead atoms. The highest BCUT2D eigenvalue weighted by Crippen LogP contribution is 2.38. The molecule has 2 aliphatic heterocycles. The highest BCUT2D eigenvalue weighted by Gasteiger charge is 2.34. The van der Waals surface area contributed by atoms with Crippen LogP contribution in [-0.4, -0.2) is 23.6 Å². The number of imide groups is 2. The molecule has 0 saturated heterocycles. The molecule has 0 fully saturated rings. The van der Waals surface area contributed by atoms with Gasteiger partial charge < -0.3 is 0 Å². The van der Waals surface area contributed by atoms with Crippen LogP contribution < -0.4 is 10.6 Å². The minimum atomic E-state index is -0.449. The number of carbonyl (C=O) groups is 4. The van der Waals surface area contributed by atoms with E-state index in [1.165, 1.54) is 0 Å². The minimum absolute atomic E-state index is 0.307. The predicted octanol–water partition coefficient (Wildman–Crippen LogP) is 4.29.